The monoisotopic (exact) mass is 256 g/mol. The molecule has 0 spiro atoms. The number of allylic oxidation sites excluding steroid dienone is 2. The minimum absolute atomic E-state index is 0.153. The predicted molar refractivity (Wildman–Crippen MR) is 61.1 cm³/mol. The molecule has 0 aliphatic rings. The van der Waals surface area contributed by atoms with E-state index in [9.17, 15) is 18.0 Å². The van der Waals surface area contributed by atoms with Gasteiger partial charge in [0.1, 0.15) is 0 Å². The van der Waals surface area contributed by atoms with Crippen LogP contribution in [0.25, 0.3) is 6.08 Å². The lowest BCUT2D eigenvalue weighted by atomic mass is 10.2. The van der Waals surface area contributed by atoms with Crippen LogP contribution in [0.2, 0.25) is 0 Å². The standard InChI is InChI=1S/C13H11F3O2/c1-2-18-12(17)6-4-3-5-9-7-10(14)13(16)11(15)8-9/h3-8H,2H2,1H3. The summed E-state index contributed by atoms with van der Waals surface area (Å²) in [5.74, 6) is -4.54. The molecule has 0 saturated carbocycles. The van der Waals surface area contributed by atoms with Crippen molar-refractivity contribution < 1.29 is 22.7 Å². The van der Waals surface area contributed by atoms with Crippen molar-refractivity contribution in [3.05, 3.63) is 53.4 Å². The molecule has 2 nitrogen and oxygen atoms in total. The van der Waals surface area contributed by atoms with Gasteiger partial charge in [0.25, 0.3) is 0 Å². The van der Waals surface area contributed by atoms with E-state index < -0.39 is 23.4 Å². The van der Waals surface area contributed by atoms with Crippen LogP contribution in [0.1, 0.15) is 12.5 Å². The van der Waals surface area contributed by atoms with Crippen LogP contribution in [0.4, 0.5) is 13.2 Å². The fraction of sp³-hybridized carbons (Fsp3) is 0.154. The second-order valence-corrected chi connectivity index (χ2v) is 3.27. The Morgan fingerprint density at radius 2 is 1.83 bits per heavy atom. The maximum atomic E-state index is 12.8. The molecule has 0 bridgehead atoms. The quantitative estimate of drug-likeness (QED) is 0.358. The fourth-order valence-corrected chi connectivity index (χ4v) is 1.16. The molecule has 96 valence electrons. The number of carbonyl (C=O) groups excluding carboxylic acids is 1. The third kappa shape index (κ3) is 4.08. The summed E-state index contributed by atoms with van der Waals surface area (Å²) in [6.07, 6.45) is 5.25. The zero-order valence-electron chi connectivity index (χ0n) is 9.62. The first-order valence-electron chi connectivity index (χ1n) is 5.20. The highest BCUT2D eigenvalue weighted by molar-refractivity contribution is 5.82. The summed E-state index contributed by atoms with van der Waals surface area (Å²) in [5, 5.41) is 0. The number of hydrogen-bond donors (Lipinski definition) is 0. The highest BCUT2D eigenvalue weighted by Gasteiger charge is 2.08. The van der Waals surface area contributed by atoms with Gasteiger partial charge < -0.3 is 4.74 Å². The van der Waals surface area contributed by atoms with Gasteiger partial charge in [0, 0.05) is 6.08 Å². The lowest BCUT2D eigenvalue weighted by Gasteiger charge is -1.97. The maximum absolute atomic E-state index is 12.8. The van der Waals surface area contributed by atoms with Crippen molar-refractivity contribution in [2.24, 2.45) is 0 Å². The van der Waals surface area contributed by atoms with Gasteiger partial charge in [-0.05, 0) is 24.6 Å². The number of rotatable bonds is 4. The van der Waals surface area contributed by atoms with E-state index in [0.29, 0.717) is 0 Å². The van der Waals surface area contributed by atoms with E-state index in [4.69, 9.17) is 0 Å². The van der Waals surface area contributed by atoms with E-state index in [0.717, 1.165) is 18.2 Å². The lowest BCUT2D eigenvalue weighted by Crippen LogP contribution is -1.98. The Hall–Kier alpha value is -2.04. The topological polar surface area (TPSA) is 26.3 Å². The van der Waals surface area contributed by atoms with Gasteiger partial charge >= 0.3 is 5.97 Å². The number of hydrogen-bond acceptors (Lipinski definition) is 2. The van der Waals surface area contributed by atoms with Gasteiger partial charge in [-0.15, -0.1) is 0 Å². The zero-order chi connectivity index (χ0) is 13.5. The van der Waals surface area contributed by atoms with Crippen molar-refractivity contribution in [2.45, 2.75) is 6.92 Å². The Morgan fingerprint density at radius 1 is 1.22 bits per heavy atom. The van der Waals surface area contributed by atoms with Gasteiger partial charge in [0.05, 0.1) is 6.61 Å². The molecule has 0 fully saturated rings. The third-order valence-corrected chi connectivity index (χ3v) is 1.92. The van der Waals surface area contributed by atoms with E-state index in [1.165, 1.54) is 18.2 Å². The molecule has 1 aromatic rings. The summed E-state index contributed by atoms with van der Waals surface area (Å²) in [7, 11) is 0. The van der Waals surface area contributed by atoms with Crippen molar-refractivity contribution in [3.63, 3.8) is 0 Å². The largest absolute Gasteiger partial charge is 0.463 e. The fourth-order valence-electron chi connectivity index (χ4n) is 1.16. The van der Waals surface area contributed by atoms with E-state index in [-0.39, 0.29) is 12.2 Å². The van der Waals surface area contributed by atoms with Crippen LogP contribution in [0.3, 0.4) is 0 Å². The maximum Gasteiger partial charge on any atom is 0.330 e. The van der Waals surface area contributed by atoms with Gasteiger partial charge in [-0.25, -0.2) is 18.0 Å². The highest BCUT2D eigenvalue weighted by atomic mass is 19.2. The SMILES string of the molecule is CCOC(=O)C=CC=Cc1cc(F)c(F)c(F)c1. The normalized spacial score (nSPS) is 11.3. The molecule has 1 rings (SSSR count). The Bertz CT molecular complexity index is 470. The van der Waals surface area contributed by atoms with Crippen LogP contribution in [0.15, 0.2) is 30.4 Å². The number of carbonyl (C=O) groups is 1. The lowest BCUT2D eigenvalue weighted by molar-refractivity contribution is -0.137. The van der Waals surface area contributed by atoms with Crippen LogP contribution in [0.5, 0.6) is 0 Å². The van der Waals surface area contributed by atoms with Crippen LogP contribution in [-0.2, 0) is 9.53 Å². The summed E-state index contributed by atoms with van der Waals surface area (Å²) in [6, 6.07) is 1.71. The van der Waals surface area contributed by atoms with Gasteiger partial charge in [-0.3, -0.25) is 0 Å². The van der Waals surface area contributed by atoms with Crippen LogP contribution in [-0.4, -0.2) is 12.6 Å². The first kappa shape index (κ1) is 14.0. The highest BCUT2D eigenvalue weighted by Crippen LogP contribution is 2.14. The molecule has 0 amide bonds. The van der Waals surface area contributed by atoms with E-state index in [1.54, 1.807) is 6.92 Å². The number of esters is 1. The molecule has 0 atom stereocenters. The number of benzene rings is 1. The Kier molecular flexibility index (Phi) is 5.17. The first-order valence-corrected chi connectivity index (χ1v) is 5.20. The Balaban J connectivity index is 2.71. The van der Waals surface area contributed by atoms with Gasteiger partial charge in [0.2, 0.25) is 0 Å². The van der Waals surface area contributed by atoms with Gasteiger partial charge in [-0.2, -0.15) is 0 Å². The molecule has 0 N–H and O–H groups in total. The van der Waals surface area contributed by atoms with Crippen molar-refractivity contribution in [3.8, 4) is 0 Å². The summed E-state index contributed by atoms with van der Waals surface area (Å²) >= 11 is 0. The second-order valence-electron chi connectivity index (χ2n) is 3.27. The number of ether oxygens (including phenoxy) is 1. The molecule has 0 unspecified atom stereocenters. The minimum atomic E-state index is -1.51. The molecule has 18 heavy (non-hydrogen) atoms. The molecule has 0 saturated heterocycles. The molecule has 0 radical (unpaired) electrons. The van der Waals surface area contributed by atoms with Crippen LogP contribution < -0.4 is 0 Å². The summed E-state index contributed by atoms with van der Waals surface area (Å²) < 4.78 is 42.9. The summed E-state index contributed by atoms with van der Waals surface area (Å²) in [4.78, 5) is 10.9. The smallest absolute Gasteiger partial charge is 0.330 e. The molecule has 0 aliphatic carbocycles. The van der Waals surface area contributed by atoms with E-state index >= 15 is 0 Å². The minimum Gasteiger partial charge on any atom is -0.463 e. The molecular weight excluding hydrogens is 245 g/mol. The average Bonchev–Trinajstić information content (AvgIpc) is 2.32. The van der Waals surface area contributed by atoms with Crippen molar-refractivity contribution in [1.82, 2.24) is 0 Å². The molecule has 1 aromatic carbocycles. The van der Waals surface area contributed by atoms with Crippen LogP contribution >= 0.6 is 0 Å². The molecule has 0 heterocycles. The molecule has 0 aromatic heterocycles. The first-order chi connectivity index (χ1) is 8.54. The van der Waals surface area contributed by atoms with Crippen molar-refractivity contribution in [2.75, 3.05) is 6.61 Å². The van der Waals surface area contributed by atoms with Crippen molar-refractivity contribution >= 4 is 12.0 Å². The Labute approximate surface area is 102 Å². The zero-order valence-corrected chi connectivity index (χ0v) is 9.62. The van der Waals surface area contributed by atoms with Crippen molar-refractivity contribution in [1.29, 1.82) is 0 Å². The molecule has 0 aliphatic heterocycles. The second kappa shape index (κ2) is 6.64. The summed E-state index contributed by atoms with van der Waals surface area (Å²) in [5.41, 5.74) is 0.153. The third-order valence-electron chi connectivity index (χ3n) is 1.92. The Morgan fingerprint density at radius 3 is 2.39 bits per heavy atom. The summed E-state index contributed by atoms with van der Waals surface area (Å²) in [6.45, 7) is 1.94. The van der Waals surface area contributed by atoms with Gasteiger partial charge in [0.15, 0.2) is 17.5 Å². The molecular formula is C13H11F3O2. The van der Waals surface area contributed by atoms with Gasteiger partial charge in [-0.1, -0.05) is 18.2 Å². The van der Waals surface area contributed by atoms with E-state index in [2.05, 4.69) is 4.74 Å². The number of halogens is 3. The predicted octanol–water partition coefficient (Wildman–Crippen LogP) is 3.24. The van der Waals surface area contributed by atoms with Crippen LogP contribution in [0, 0.1) is 17.5 Å². The van der Waals surface area contributed by atoms with E-state index in [1.807, 2.05) is 0 Å². The average molecular weight is 256 g/mol. The molecule has 5 heteroatoms.